The predicted octanol–water partition coefficient (Wildman–Crippen LogP) is 13.6. The van der Waals surface area contributed by atoms with Gasteiger partial charge in [-0.3, -0.25) is 0 Å². The zero-order chi connectivity index (χ0) is 35.2. The van der Waals surface area contributed by atoms with Crippen molar-refractivity contribution in [3.63, 3.8) is 0 Å². The zero-order valence-corrected chi connectivity index (χ0v) is 36.0. The summed E-state index contributed by atoms with van der Waals surface area (Å²) in [7, 11) is -0.463. The summed E-state index contributed by atoms with van der Waals surface area (Å²) in [6.07, 6.45) is 39.5. The first kappa shape index (κ1) is 51.6. The summed E-state index contributed by atoms with van der Waals surface area (Å²) < 4.78 is 36.2. The molecule has 5 nitrogen and oxygen atoms in total. The van der Waals surface area contributed by atoms with Gasteiger partial charge >= 0.3 is 29.3 Å². The third-order valence-electron chi connectivity index (χ3n) is 7.92. The Morgan fingerprint density at radius 3 is 0.978 bits per heavy atom. The van der Waals surface area contributed by atoms with Crippen LogP contribution in [0.2, 0.25) is 0 Å². The van der Waals surface area contributed by atoms with E-state index in [1.54, 1.807) is 0 Å². The van der Waals surface area contributed by atoms with Crippen molar-refractivity contribution in [1.82, 2.24) is 0 Å². The van der Waals surface area contributed by atoms with Gasteiger partial charge in [0.1, 0.15) is 12.3 Å². The predicted molar refractivity (Wildman–Crippen MR) is 206 cm³/mol. The molecule has 0 aromatic heterocycles. The van der Waals surface area contributed by atoms with Gasteiger partial charge in [0.05, 0.1) is 12.2 Å². The van der Waals surface area contributed by atoms with E-state index in [-0.39, 0.29) is 12.2 Å². The molecular formula is C38H85O5P2Ti+. The van der Waals surface area contributed by atoms with Gasteiger partial charge in [-0.2, -0.15) is 0 Å². The molecule has 0 aromatic carbocycles. The molecule has 0 spiro atoms. The van der Waals surface area contributed by atoms with E-state index in [0.29, 0.717) is 0 Å². The second kappa shape index (κ2) is 42.4. The van der Waals surface area contributed by atoms with Gasteiger partial charge in [-0.1, -0.05) is 143 Å². The first-order valence-corrected chi connectivity index (χ1v) is 25.4. The Morgan fingerprint density at radius 1 is 0.478 bits per heavy atom. The van der Waals surface area contributed by atoms with E-state index in [9.17, 15) is 0 Å². The van der Waals surface area contributed by atoms with Crippen LogP contribution in [0.25, 0.3) is 0 Å². The molecule has 46 heavy (non-hydrogen) atoms. The quantitative estimate of drug-likeness (QED) is 0.0409. The Hall–Kier alpha value is 1.21. The molecule has 0 radical (unpaired) electrons. The fourth-order valence-corrected chi connectivity index (χ4v) is 10.5. The summed E-state index contributed by atoms with van der Waals surface area (Å²) in [5.41, 5.74) is 0. The topological polar surface area (TPSA) is 76.0 Å². The van der Waals surface area contributed by atoms with Crippen molar-refractivity contribution < 1.29 is 38.4 Å². The van der Waals surface area contributed by atoms with Crippen molar-refractivity contribution in [2.45, 2.75) is 222 Å². The molecular weight excluding hydrogens is 646 g/mol. The van der Waals surface area contributed by atoms with E-state index >= 15 is 0 Å². The fraction of sp³-hybridized carbons (Fsp3) is 1.00. The van der Waals surface area contributed by atoms with Gasteiger partial charge in [-0.15, -0.1) is 8.58 Å². The van der Waals surface area contributed by atoms with Crippen molar-refractivity contribution in [2.24, 2.45) is 0 Å². The van der Waals surface area contributed by atoms with E-state index in [1.165, 1.54) is 175 Å². The van der Waals surface area contributed by atoms with E-state index in [1.807, 2.05) is 0 Å². The Kier molecular flexibility index (Phi) is 47.5. The van der Waals surface area contributed by atoms with Crippen LogP contribution in [0, 0.1) is 0 Å². The number of hydrogen-bond donors (Lipinski definition) is 2. The van der Waals surface area contributed by atoms with Crippen LogP contribution in [-0.4, -0.2) is 44.2 Å². The van der Waals surface area contributed by atoms with Gasteiger partial charge in [0.2, 0.25) is 0 Å². The maximum atomic E-state index is 8.81. The molecule has 0 amide bonds. The molecule has 0 rings (SSSR count). The molecule has 0 bridgehead atoms. The Labute approximate surface area is 299 Å². The third kappa shape index (κ3) is 47.3. The van der Waals surface area contributed by atoms with E-state index in [4.69, 9.17) is 19.7 Å². The van der Waals surface area contributed by atoms with Crippen molar-refractivity contribution in [3.05, 3.63) is 0 Å². The van der Waals surface area contributed by atoms with Crippen LogP contribution in [0.15, 0.2) is 0 Å². The van der Waals surface area contributed by atoms with Crippen LogP contribution in [0.5, 0.6) is 0 Å². The monoisotopic (exact) mass is 732 g/mol. The summed E-state index contributed by atoms with van der Waals surface area (Å²) in [4.78, 5) is 0. The van der Waals surface area contributed by atoms with Gasteiger partial charge in [0.15, 0.2) is 0 Å². The molecule has 0 aliphatic rings. The van der Waals surface area contributed by atoms with Gasteiger partial charge in [0, 0.05) is 0 Å². The molecule has 0 aromatic rings. The summed E-state index contributed by atoms with van der Waals surface area (Å²) in [5.74, 6) is 0. The molecule has 0 saturated carbocycles. The molecule has 2 N–H and O–H groups in total. The summed E-state index contributed by atoms with van der Waals surface area (Å²) in [5, 5.41) is 0. The van der Waals surface area contributed by atoms with Crippen LogP contribution in [0.1, 0.15) is 209 Å². The van der Waals surface area contributed by atoms with E-state index in [2.05, 4.69) is 55.4 Å². The minimum absolute atomic E-state index is 0.271. The Morgan fingerprint density at radius 2 is 0.717 bits per heavy atom. The Bertz CT molecular complexity index is 535. The standard InChI is InChI=1S/C22H48O2P.C16H35P.2H2O.O.Ti/c1-7-9-11-13-15-17-19-25(23-21(3)4,24-22(5)6)20-18-16-14-12-10-8-2;1-3-5-7-9-11-13-15-17-16-14-12-10-8-6-4-2;;;;/h21-22H,7-20H2,1-6H3;17H,3-16H2,1-2H3;2*1H2;;/q+1;;;;;+2/p-2. The van der Waals surface area contributed by atoms with Crippen molar-refractivity contribution in [2.75, 3.05) is 24.6 Å². The van der Waals surface area contributed by atoms with Crippen molar-refractivity contribution in [3.8, 4) is 0 Å². The van der Waals surface area contributed by atoms with Crippen LogP contribution in [0.4, 0.5) is 0 Å². The second-order valence-corrected chi connectivity index (χ2v) is 19.0. The number of hydrogen-bond acceptors (Lipinski definition) is 3. The number of unbranched alkanes of at least 4 members (excludes halogenated alkanes) is 20. The molecule has 280 valence electrons. The molecule has 0 unspecified atom stereocenters. The molecule has 0 heterocycles. The molecule has 0 aliphatic carbocycles. The van der Waals surface area contributed by atoms with Crippen LogP contribution in [-0.2, 0) is 31.0 Å². The first-order valence-electron chi connectivity index (χ1n) is 20.0. The van der Waals surface area contributed by atoms with E-state index in [0.717, 1.165) is 12.3 Å². The van der Waals surface area contributed by atoms with Crippen LogP contribution < -0.4 is 0 Å². The van der Waals surface area contributed by atoms with Crippen LogP contribution >= 0.6 is 16.3 Å². The normalized spacial score (nSPS) is 11.4. The number of rotatable bonds is 32. The van der Waals surface area contributed by atoms with E-state index < -0.39 is 26.3 Å². The van der Waals surface area contributed by atoms with Crippen LogP contribution in [0.3, 0.4) is 0 Å². The molecule has 0 saturated heterocycles. The first-order chi connectivity index (χ1) is 22.1. The fourth-order valence-electron chi connectivity index (χ4n) is 5.57. The van der Waals surface area contributed by atoms with Gasteiger partial charge in [0.25, 0.3) is 7.72 Å². The maximum absolute atomic E-state index is 8.81. The van der Waals surface area contributed by atoms with Crippen molar-refractivity contribution >= 4 is 16.3 Å². The van der Waals surface area contributed by atoms with Crippen molar-refractivity contribution in [1.29, 1.82) is 0 Å². The Balaban J connectivity index is -0.000000759. The SMILES string of the molecule is CCCCCCCCPCCCCCCCC.CCCCCCCC[P+](CCCCCCCC)(OC(C)C)OC(C)C.[O]=[Ti]([OH])[OH]. The van der Waals surface area contributed by atoms with Gasteiger partial charge < -0.3 is 0 Å². The average molecular weight is 732 g/mol. The molecule has 8 heteroatoms. The minimum atomic E-state index is -3.58. The molecule has 0 fully saturated rings. The summed E-state index contributed by atoms with van der Waals surface area (Å²) in [6, 6.07) is 0. The third-order valence-corrected chi connectivity index (χ3v) is 12.9. The second-order valence-electron chi connectivity index (χ2n) is 13.7. The summed E-state index contributed by atoms with van der Waals surface area (Å²) >= 11 is -3.58. The van der Waals surface area contributed by atoms with Gasteiger partial charge in [-0.05, 0) is 78.5 Å². The average Bonchev–Trinajstić information content (AvgIpc) is 2.98. The zero-order valence-electron chi connectivity index (χ0n) is 32.5. The van der Waals surface area contributed by atoms with Gasteiger partial charge in [-0.25, -0.2) is 9.05 Å². The molecule has 0 aliphatic heterocycles. The summed E-state index contributed by atoms with van der Waals surface area (Å²) in [6.45, 7) is 17.8. The molecule has 0 atom stereocenters.